The number of carbonyl (C=O) groups is 1. The summed E-state index contributed by atoms with van der Waals surface area (Å²) >= 11 is 5.91. The molecular formula is C18H16ClN5O3. The van der Waals surface area contributed by atoms with Crippen molar-refractivity contribution in [3.8, 4) is 17.1 Å². The van der Waals surface area contributed by atoms with E-state index in [4.69, 9.17) is 16.3 Å². The van der Waals surface area contributed by atoms with Gasteiger partial charge in [0, 0.05) is 23.7 Å². The molecule has 0 aliphatic carbocycles. The third-order valence-electron chi connectivity index (χ3n) is 4.26. The lowest BCUT2D eigenvalue weighted by Crippen LogP contribution is -2.36. The Balaban J connectivity index is 1.67. The molecule has 0 spiro atoms. The third-order valence-corrected chi connectivity index (χ3v) is 4.51. The SMILES string of the molecule is O=C(O)c1cc(-c2ccc(Cl)cc2)nn1-c1ccc(N2CCOCC2)nn1. The van der Waals surface area contributed by atoms with Gasteiger partial charge in [0.15, 0.2) is 17.3 Å². The van der Waals surface area contributed by atoms with Crippen LogP contribution in [-0.4, -0.2) is 57.4 Å². The van der Waals surface area contributed by atoms with Crippen molar-refractivity contribution in [2.75, 3.05) is 31.2 Å². The predicted octanol–water partition coefficient (Wildman–Crippen LogP) is 2.52. The van der Waals surface area contributed by atoms with Gasteiger partial charge >= 0.3 is 5.97 Å². The normalized spacial score (nSPS) is 14.3. The van der Waals surface area contributed by atoms with Gasteiger partial charge in [-0.15, -0.1) is 10.2 Å². The van der Waals surface area contributed by atoms with E-state index >= 15 is 0 Å². The van der Waals surface area contributed by atoms with E-state index in [1.807, 2.05) is 6.07 Å². The van der Waals surface area contributed by atoms with Crippen LogP contribution in [0.5, 0.6) is 0 Å². The number of carboxylic acids is 1. The molecule has 0 bridgehead atoms. The fourth-order valence-electron chi connectivity index (χ4n) is 2.86. The molecule has 8 nitrogen and oxygen atoms in total. The molecule has 1 aliphatic heterocycles. The molecule has 0 atom stereocenters. The number of aromatic nitrogens is 4. The zero-order valence-electron chi connectivity index (χ0n) is 14.2. The summed E-state index contributed by atoms with van der Waals surface area (Å²) in [5, 5.41) is 22.9. The Morgan fingerprint density at radius 1 is 1.04 bits per heavy atom. The van der Waals surface area contributed by atoms with Crippen LogP contribution >= 0.6 is 11.6 Å². The number of hydrogen-bond acceptors (Lipinski definition) is 6. The monoisotopic (exact) mass is 385 g/mol. The van der Waals surface area contributed by atoms with Crippen LogP contribution in [0.4, 0.5) is 5.82 Å². The molecule has 1 N–H and O–H groups in total. The van der Waals surface area contributed by atoms with Gasteiger partial charge in [0.25, 0.3) is 0 Å². The van der Waals surface area contributed by atoms with Gasteiger partial charge in [-0.3, -0.25) is 0 Å². The molecule has 2 aromatic heterocycles. The van der Waals surface area contributed by atoms with E-state index in [0.29, 0.717) is 29.7 Å². The molecule has 9 heteroatoms. The molecule has 4 rings (SSSR count). The average Bonchev–Trinajstić information content (AvgIpc) is 3.15. The molecule has 0 saturated carbocycles. The first-order valence-electron chi connectivity index (χ1n) is 8.38. The Kier molecular flexibility index (Phi) is 4.74. The van der Waals surface area contributed by atoms with Crippen molar-refractivity contribution in [1.82, 2.24) is 20.0 Å². The fourth-order valence-corrected chi connectivity index (χ4v) is 2.99. The Morgan fingerprint density at radius 3 is 2.33 bits per heavy atom. The maximum Gasteiger partial charge on any atom is 0.354 e. The molecule has 1 fully saturated rings. The summed E-state index contributed by atoms with van der Waals surface area (Å²) in [5.74, 6) is -0.0320. The second-order valence-corrected chi connectivity index (χ2v) is 6.42. The predicted molar refractivity (Wildman–Crippen MR) is 99.6 cm³/mol. The summed E-state index contributed by atoms with van der Waals surface area (Å²) in [6.45, 7) is 2.79. The number of ether oxygens (including phenoxy) is 1. The number of aromatic carboxylic acids is 1. The molecule has 0 radical (unpaired) electrons. The van der Waals surface area contributed by atoms with Gasteiger partial charge in [-0.25, -0.2) is 9.48 Å². The van der Waals surface area contributed by atoms with Crippen molar-refractivity contribution in [2.45, 2.75) is 0 Å². The van der Waals surface area contributed by atoms with Crippen LogP contribution < -0.4 is 4.90 Å². The highest BCUT2D eigenvalue weighted by Crippen LogP contribution is 2.23. The topological polar surface area (TPSA) is 93.4 Å². The molecule has 3 aromatic rings. The molecule has 1 aliphatic rings. The maximum absolute atomic E-state index is 11.7. The Bertz CT molecular complexity index is 950. The van der Waals surface area contributed by atoms with Crippen molar-refractivity contribution in [2.24, 2.45) is 0 Å². The van der Waals surface area contributed by atoms with Crippen molar-refractivity contribution in [3.63, 3.8) is 0 Å². The van der Waals surface area contributed by atoms with Crippen LogP contribution in [0.3, 0.4) is 0 Å². The van der Waals surface area contributed by atoms with E-state index in [0.717, 1.165) is 24.5 Å². The van der Waals surface area contributed by atoms with Crippen molar-refractivity contribution in [3.05, 3.63) is 53.2 Å². The zero-order chi connectivity index (χ0) is 18.8. The lowest BCUT2D eigenvalue weighted by molar-refractivity contribution is 0.0686. The average molecular weight is 386 g/mol. The van der Waals surface area contributed by atoms with Gasteiger partial charge in [0.2, 0.25) is 0 Å². The summed E-state index contributed by atoms with van der Waals surface area (Å²) in [5.41, 5.74) is 1.29. The smallest absolute Gasteiger partial charge is 0.354 e. The summed E-state index contributed by atoms with van der Waals surface area (Å²) in [7, 11) is 0. The van der Waals surface area contributed by atoms with Crippen LogP contribution in [0.1, 0.15) is 10.5 Å². The Morgan fingerprint density at radius 2 is 1.70 bits per heavy atom. The maximum atomic E-state index is 11.7. The molecule has 1 aromatic carbocycles. The second-order valence-electron chi connectivity index (χ2n) is 5.99. The van der Waals surface area contributed by atoms with E-state index < -0.39 is 5.97 Å². The number of halogens is 1. The second kappa shape index (κ2) is 7.34. The number of hydrogen-bond donors (Lipinski definition) is 1. The van der Waals surface area contributed by atoms with Crippen LogP contribution in [0, 0.1) is 0 Å². The highest BCUT2D eigenvalue weighted by Gasteiger charge is 2.19. The molecule has 3 heterocycles. The van der Waals surface area contributed by atoms with Crippen LogP contribution in [-0.2, 0) is 4.74 Å². The van der Waals surface area contributed by atoms with Crippen molar-refractivity contribution in [1.29, 1.82) is 0 Å². The van der Waals surface area contributed by atoms with Gasteiger partial charge in [-0.05, 0) is 30.3 Å². The lowest BCUT2D eigenvalue weighted by Gasteiger charge is -2.27. The fraction of sp³-hybridized carbons (Fsp3) is 0.222. The number of nitrogens with zero attached hydrogens (tertiary/aromatic N) is 5. The van der Waals surface area contributed by atoms with Crippen LogP contribution in [0.2, 0.25) is 5.02 Å². The molecule has 138 valence electrons. The molecule has 0 unspecified atom stereocenters. The van der Waals surface area contributed by atoms with Gasteiger partial charge in [0.05, 0.1) is 18.9 Å². The van der Waals surface area contributed by atoms with Crippen molar-refractivity contribution < 1.29 is 14.6 Å². The minimum atomic E-state index is -1.10. The van der Waals surface area contributed by atoms with Gasteiger partial charge in [-0.1, -0.05) is 23.7 Å². The highest BCUT2D eigenvalue weighted by molar-refractivity contribution is 6.30. The standard InChI is InChI=1S/C18H16ClN5O3/c19-13-3-1-12(2-4-13)14-11-15(18(25)26)24(22-14)17-6-5-16(20-21-17)23-7-9-27-10-8-23/h1-6,11H,7-10H2,(H,25,26). The van der Waals surface area contributed by atoms with Crippen LogP contribution in [0.15, 0.2) is 42.5 Å². The summed E-state index contributed by atoms with van der Waals surface area (Å²) < 4.78 is 6.61. The molecule has 0 amide bonds. The van der Waals surface area contributed by atoms with E-state index in [2.05, 4.69) is 20.2 Å². The van der Waals surface area contributed by atoms with E-state index in [1.165, 1.54) is 10.7 Å². The Labute approximate surface area is 160 Å². The van der Waals surface area contributed by atoms with Gasteiger partial charge in [-0.2, -0.15) is 5.10 Å². The first-order valence-corrected chi connectivity index (χ1v) is 8.76. The first-order chi connectivity index (χ1) is 13.1. The lowest BCUT2D eigenvalue weighted by atomic mass is 10.1. The van der Waals surface area contributed by atoms with E-state index in [9.17, 15) is 9.90 Å². The number of rotatable bonds is 4. The number of anilines is 1. The molecular weight excluding hydrogens is 370 g/mol. The van der Waals surface area contributed by atoms with E-state index in [1.54, 1.807) is 30.3 Å². The third kappa shape index (κ3) is 3.62. The first kappa shape index (κ1) is 17.4. The summed E-state index contributed by atoms with van der Waals surface area (Å²) in [6, 6.07) is 12.1. The minimum Gasteiger partial charge on any atom is -0.477 e. The van der Waals surface area contributed by atoms with Gasteiger partial charge < -0.3 is 14.7 Å². The highest BCUT2D eigenvalue weighted by atomic mass is 35.5. The zero-order valence-corrected chi connectivity index (χ0v) is 15.0. The quantitative estimate of drug-likeness (QED) is 0.737. The Hall–Kier alpha value is -2.97. The summed E-state index contributed by atoms with van der Waals surface area (Å²) in [6.07, 6.45) is 0. The minimum absolute atomic E-state index is 0.00775. The number of morpholine rings is 1. The number of carboxylic acid groups (broad SMARTS) is 1. The van der Waals surface area contributed by atoms with Gasteiger partial charge in [0.1, 0.15) is 0 Å². The molecule has 27 heavy (non-hydrogen) atoms. The van der Waals surface area contributed by atoms with E-state index in [-0.39, 0.29) is 5.69 Å². The van der Waals surface area contributed by atoms with Crippen molar-refractivity contribution >= 4 is 23.4 Å². The molecule has 1 saturated heterocycles. The van der Waals surface area contributed by atoms with Crippen LogP contribution in [0.25, 0.3) is 17.1 Å². The number of benzene rings is 1. The summed E-state index contributed by atoms with van der Waals surface area (Å²) in [4.78, 5) is 13.7. The largest absolute Gasteiger partial charge is 0.477 e.